The Hall–Kier alpha value is -2.66. The summed E-state index contributed by atoms with van der Waals surface area (Å²) in [5, 5.41) is 3.18. The number of carbonyl (C=O) groups excluding carboxylic acids is 1. The van der Waals surface area contributed by atoms with Crippen LogP contribution in [0, 0.1) is 5.82 Å². The zero-order chi connectivity index (χ0) is 16.1. The Bertz CT molecular complexity index is 796. The molecule has 1 fully saturated rings. The molecule has 0 unspecified atom stereocenters. The van der Waals surface area contributed by atoms with Crippen molar-refractivity contribution in [3.63, 3.8) is 0 Å². The highest BCUT2D eigenvalue weighted by molar-refractivity contribution is 8.18. The first kappa shape index (κ1) is 15.2. The number of carbonyl (C=O) groups is 1. The lowest BCUT2D eigenvalue weighted by Crippen LogP contribution is -2.19. The third-order valence-corrected chi connectivity index (χ3v) is 3.97. The molecule has 3 rings (SSSR count). The lowest BCUT2D eigenvalue weighted by Gasteiger charge is -1.95. The average Bonchev–Trinajstić information content (AvgIpc) is 2.90. The molecule has 114 valence electrons. The number of allylic oxidation sites excluding steroid dienone is 2. The second-order valence-corrected chi connectivity index (χ2v) is 5.78. The van der Waals surface area contributed by atoms with Crippen LogP contribution in [0.5, 0.6) is 0 Å². The Morgan fingerprint density at radius 1 is 1.04 bits per heavy atom. The maximum atomic E-state index is 12.9. The molecule has 5 heteroatoms. The summed E-state index contributed by atoms with van der Waals surface area (Å²) in [6.07, 6.45) is 5.51. The number of amides is 1. The number of halogens is 1. The molecule has 1 aliphatic heterocycles. The molecule has 0 aliphatic carbocycles. The molecule has 3 nitrogen and oxygen atoms in total. The molecule has 0 spiro atoms. The molecule has 2 aromatic rings. The number of nitrogens with zero attached hydrogens (tertiary/aromatic N) is 1. The molecule has 0 aromatic heterocycles. The van der Waals surface area contributed by atoms with Crippen molar-refractivity contribution in [2.75, 3.05) is 0 Å². The molecular weight excluding hydrogens is 311 g/mol. The monoisotopic (exact) mass is 324 g/mol. The van der Waals surface area contributed by atoms with Crippen molar-refractivity contribution in [1.29, 1.82) is 0 Å². The lowest BCUT2D eigenvalue weighted by molar-refractivity contribution is -0.115. The second-order valence-electron chi connectivity index (χ2n) is 4.75. The van der Waals surface area contributed by atoms with Gasteiger partial charge in [0.25, 0.3) is 5.91 Å². The van der Waals surface area contributed by atoms with Crippen LogP contribution in [0.25, 0.3) is 6.08 Å². The van der Waals surface area contributed by atoms with Gasteiger partial charge in [0.15, 0.2) is 5.17 Å². The van der Waals surface area contributed by atoms with E-state index in [1.54, 1.807) is 18.2 Å². The molecule has 0 radical (unpaired) electrons. The SMILES string of the molecule is O=C1NC(=Nc2ccc(F)cc2)SC1=CC=Cc1ccccc1. The topological polar surface area (TPSA) is 41.5 Å². The number of rotatable bonds is 3. The number of amidine groups is 1. The van der Waals surface area contributed by atoms with Gasteiger partial charge in [0, 0.05) is 0 Å². The molecule has 1 aliphatic rings. The molecule has 1 amide bonds. The highest BCUT2D eigenvalue weighted by atomic mass is 32.2. The van der Waals surface area contributed by atoms with Gasteiger partial charge in [-0.1, -0.05) is 42.5 Å². The predicted octanol–water partition coefficient (Wildman–Crippen LogP) is 4.27. The van der Waals surface area contributed by atoms with Crippen LogP contribution >= 0.6 is 11.8 Å². The summed E-state index contributed by atoms with van der Waals surface area (Å²) in [5.74, 6) is -0.503. The fourth-order valence-electron chi connectivity index (χ4n) is 1.94. The van der Waals surface area contributed by atoms with Crippen molar-refractivity contribution >= 4 is 34.6 Å². The van der Waals surface area contributed by atoms with Crippen molar-refractivity contribution in [1.82, 2.24) is 5.32 Å². The van der Waals surface area contributed by atoms with Crippen LogP contribution < -0.4 is 5.32 Å². The van der Waals surface area contributed by atoms with Crippen LogP contribution in [0.1, 0.15) is 5.56 Å². The van der Waals surface area contributed by atoms with Crippen molar-refractivity contribution in [3.05, 3.63) is 83.0 Å². The van der Waals surface area contributed by atoms with Crippen molar-refractivity contribution in [2.24, 2.45) is 4.99 Å². The van der Waals surface area contributed by atoms with E-state index in [0.29, 0.717) is 15.8 Å². The Kier molecular flexibility index (Phi) is 4.68. The highest BCUT2D eigenvalue weighted by Crippen LogP contribution is 2.26. The van der Waals surface area contributed by atoms with Gasteiger partial charge in [-0.05, 0) is 47.7 Å². The standard InChI is InChI=1S/C18H13FN2OS/c19-14-9-11-15(12-10-14)20-18-21-17(22)16(23-18)8-4-7-13-5-2-1-3-6-13/h1-12H,(H,20,21,22). The molecule has 0 bridgehead atoms. The summed E-state index contributed by atoms with van der Waals surface area (Å²) in [6.45, 7) is 0. The molecule has 0 saturated carbocycles. The summed E-state index contributed by atoms with van der Waals surface area (Å²) in [5.41, 5.74) is 1.66. The van der Waals surface area contributed by atoms with Crippen molar-refractivity contribution < 1.29 is 9.18 Å². The van der Waals surface area contributed by atoms with E-state index in [0.717, 1.165) is 5.56 Å². The van der Waals surface area contributed by atoms with E-state index in [2.05, 4.69) is 10.3 Å². The smallest absolute Gasteiger partial charge is 0.264 e. The quantitative estimate of drug-likeness (QED) is 0.857. The fourth-order valence-corrected chi connectivity index (χ4v) is 2.73. The molecule has 1 N–H and O–H groups in total. The summed E-state index contributed by atoms with van der Waals surface area (Å²) in [7, 11) is 0. The Morgan fingerprint density at radius 3 is 2.52 bits per heavy atom. The Balaban J connectivity index is 1.71. The highest BCUT2D eigenvalue weighted by Gasteiger charge is 2.22. The number of benzene rings is 2. The first-order valence-electron chi connectivity index (χ1n) is 6.97. The first-order valence-corrected chi connectivity index (χ1v) is 7.79. The van der Waals surface area contributed by atoms with E-state index in [9.17, 15) is 9.18 Å². The lowest BCUT2D eigenvalue weighted by atomic mass is 10.2. The first-order chi connectivity index (χ1) is 11.2. The predicted molar refractivity (Wildman–Crippen MR) is 92.8 cm³/mol. The maximum Gasteiger partial charge on any atom is 0.264 e. The second kappa shape index (κ2) is 7.07. The van der Waals surface area contributed by atoms with Crippen LogP contribution in [-0.2, 0) is 4.79 Å². The van der Waals surface area contributed by atoms with Crippen LogP contribution in [-0.4, -0.2) is 11.1 Å². The largest absolute Gasteiger partial charge is 0.300 e. The van der Waals surface area contributed by atoms with Crippen LogP contribution in [0.2, 0.25) is 0 Å². The van der Waals surface area contributed by atoms with E-state index in [1.165, 1.54) is 23.9 Å². The normalized spacial score (nSPS) is 18.0. The third-order valence-electron chi connectivity index (χ3n) is 3.04. The molecule has 1 saturated heterocycles. The van der Waals surface area contributed by atoms with Gasteiger partial charge in [-0.3, -0.25) is 4.79 Å². The summed E-state index contributed by atoms with van der Waals surface area (Å²) >= 11 is 1.26. The number of thioether (sulfide) groups is 1. The number of aliphatic imine (C=N–C) groups is 1. The number of hydrogen-bond acceptors (Lipinski definition) is 3. The number of nitrogens with one attached hydrogen (secondary N) is 1. The molecular formula is C18H13FN2OS. The summed E-state index contributed by atoms with van der Waals surface area (Å²) < 4.78 is 12.9. The molecule has 2 aromatic carbocycles. The van der Waals surface area contributed by atoms with Gasteiger partial charge in [-0.15, -0.1) is 0 Å². The van der Waals surface area contributed by atoms with Gasteiger partial charge in [0.2, 0.25) is 0 Å². The Morgan fingerprint density at radius 2 is 1.78 bits per heavy atom. The van der Waals surface area contributed by atoms with Gasteiger partial charge >= 0.3 is 0 Å². The van der Waals surface area contributed by atoms with E-state index >= 15 is 0 Å². The summed E-state index contributed by atoms with van der Waals surface area (Å²) in [6, 6.07) is 15.6. The van der Waals surface area contributed by atoms with Gasteiger partial charge in [0.1, 0.15) is 5.82 Å². The van der Waals surface area contributed by atoms with Gasteiger partial charge < -0.3 is 5.32 Å². The Labute approximate surface area is 137 Å². The zero-order valence-electron chi connectivity index (χ0n) is 12.1. The third kappa shape index (κ3) is 4.17. The van der Waals surface area contributed by atoms with Crippen molar-refractivity contribution in [2.45, 2.75) is 0 Å². The fraction of sp³-hybridized carbons (Fsp3) is 0. The minimum Gasteiger partial charge on any atom is -0.300 e. The van der Waals surface area contributed by atoms with Crippen molar-refractivity contribution in [3.8, 4) is 0 Å². The van der Waals surface area contributed by atoms with Crippen LogP contribution in [0.4, 0.5) is 10.1 Å². The van der Waals surface area contributed by atoms with Gasteiger partial charge in [-0.25, -0.2) is 9.38 Å². The van der Waals surface area contributed by atoms with E-state index < -0.39 is 0 Å². The minimum atomic E-state index is -0.316. The molecule has 1 heterocycles. The average molecular weight is 324 g/mol. The van der Waals surface area contributed by atoms with E-state index in [-0.39, 0.29) is 11.7 Å². The van der Waals surface area contributed by atoms with Crippen LogP contribution in [0.3, 0.4) is 0 Å². The van der Waals surface area contributed by atoms with Crippen LogP contribution in [0.15, 0.2) is 76.6 Å². The summed E-state index contributed by atoms with van der Waals surface area (Å²) in [4.78, 5) is 16.7. The maximum absolute atomic E-state index is 12.9. The molecule has 0 atom stereocenters. The van der Waals surface area contributed by atoms with E-state index in [4.69, 9.17) is 0 Å². The zero-order valence-corrected chi connectivity index (χ0v) is 12.9. The molecule has 23 heavy (non-hydrogen) atoms. The van der Waals surface area contributed by atoms with E-state index in [1.807, 2.05) is 42.5 Å². The number of hydrogen-bond donors (Lipinski definition) is 1. The van der Waals surface area contributed by atoms with Gasteiger partial charge in [-0.2, -0.15) is 0 Å². The minimum absolute atomic E-state index is 0.187. The van der Waals surface area contributed by atoms with Gasteiger partial charge in [0.05, 0.1) is 10.6 Å².